The van der Waals surface area contributed by atoms with Gasteiger partial charge in [0.05, 0.1) is 0 Å². The van der Waals surface area contributed by atoms with Crippen molar-refractivity contribution in [3.63, 3.8) is 0 Å². The second-order valence-electron chi connectivity index (χ2n) is 2.53. The van der Waals surface area contributed by atoms with E-state index in [9.17, 15) is 9.18 Å². The molecule has 0 saturated carbocycles. The van der Waals surface area contributed by atoms with Gasteiger partial charge < -0.3 is 4.90 Å². The molecule has 3 heteroatoms. The van der Waals surface area contributed by atoms with Gasteiger partial charge in [-0.3, -0.25) is 4.79 Å². The third-order valence-electron chi connectivity index (χ3n) is 1.59. The molecule has 0 spiro atoms. The van der Waals surface area contributed by atoms with Crippen molar-refractivity contribution < 1.29 is 9.18 Å². The molecule has 1 aromatic carbocycles. The fraction of sp³-hybridized carbons (Fsp3) is 0.100. The SMILES string of the molecule is C=CCN(C=O)c1cccc(F)c1. The maximum absolute atomic E-state index is 12.7. The van der Waals surface area contributed by atoms with E-state index in [-0.39, 0.29) is 5.82 Å². The van der Waals surface area contributed by atoms with Gasteiger partial charge >= 0.3 is 0 Å². The van der Waals surface area contributed by atoms with Gasteiger partial charge in [0.1, 0.15) is 5.82 Å². The molecule has 0 N–H and O–H groups in total. The van der Waals surface area contributed by atoms with E-state index in [1.165, 1.54) is 17.0 Å². The van der Waals surface area contributed by atoms with Crippen LogP contribution in [-0.2, 0) is 4.79 Å². The number of anilines is 1. The molecule has 2 nitrogen and oxygen atoms in total. The Morgan fingerprint density at radius 2 is 2.31 bits per heavy atom. The molecule has 0 aliphatic rings. The lowest BCUT2D eigenvalue weighted by Gasteiger charge is -2.14. The second-order valence-corrected chi connectivity index (χ2v) is 2.53. The highest BCUT2D eigenvalue weighted by atomic mass is 19.1. The predicted molar refractivity (Wildman–Crippen MR) is 50.0 cm³/mol. The summed E-state index contributed by atoms with van der Waals surface area (Å²) in [5.74, 6) is -0.353. The summed E-state index contributed by atoms with van der Waals surface area (Å²) >= 11 is 0. The molecule has 1 aromatic rings. The first-order valence-electron chi connectivity index (χ1n) is 3.86. The number of benzene rings is 1. The first-order chi connectivity index (χ1) is 6.27. The van der Waals surface area contributed by atoms with Crippen LogP contribution in [-0.4, -0.2) is 13.0 Å². The van der Waals surface area contributed by atoms with Crippen LogP contribution in [0, 0.1) is 5.82 Å². The summed E-state index contributed by atoms with van der Waals surface area (Å²) in [6.07, 6.45) is 2.23. The summed E-state index contributed by atoms with van der Waals surface area (Å²) < 4.78 is 12.7. The summed E-state index contributed by atoms with van der Waals surface area (Å²) in [6.45, 7) is 3.88. The third-order valence-corrected chi connectivity index (χ3v) is 1.59. The number of hydrogen-bond donors (Lipinski definition) is 0. The number of amides is 1. The maximum atomic E-state index is 12.7. The van der Waals surface area contributed by atoms with Crippen LogP contribution >= 0.6 is 0 Å². The minimum Gasteiger partial charge on any atom is -0.311 e. The van der Waals surface area contributed by atoms with E-state index in [1.54, 1.807) is 18.2 Å². The van der Waals surface area contributed by atoms with Crippen molar-refractivity contribution in [2.24, 2.45) is 0 Å². The lowest BCUT2D eigenvalue weighted by molar-refractivity contribution is -0.107. The average Bonchev–Trinajstić information content (AvgIpc) is 2.14. The first kappa shape index (κ1) is 9.45. The Kier molecular flexibility index (Phi) is 3.20. The third kappa shape index (κ3) is 2.40. The summed E-state index contributed by atoms with van der Waals surface area (Å²) in [6, 6.07) is 5.86. The molecule has 0 aliphatic carbocycles. The fourth-order valence-corrected chi connectivity index (χ4v) is 1.00. The van der Waals surface area contributed by atoms with E-state index < -0.39 is 0 Å². The summed E-state index contributed by atoms with van der Waals surface area (Å²) in [7, 11) is 0. The molecule has 1 amide bonds. The van der Waals surface area contributed by atoms with Crippen LogP contribution in [0.5, 0.6) is 0 Å². The van der Waals surface area contributed by atoms with Gasteiger partial charge in [-0.05, 0) is 18.2 Å². The number of carbonyl (C=O) groups is 1. The Labute approximate surface area is 76.3 Å². The van der Waals surface area contributed by atoms with Crippen molar-refractivity contribution >= 4 is 12.1 Å². The first-order valence-corrected chi connectivity index (χ1v) is 3.86. The molecule has 68 valence electrons. The fourth-order valence-electron chi connectivity index (χ4n) is 1.00. The number of carbonyl (C=O) groups excluding carboxylic acids is 1. The Bertz CT molecular complexity index is 312. The molecule has 0 heterocycles. The van der Waals surface area contributed by atoms with Crippen molar-refractivity contribution in [2.45, 2.75) is 0 Å². The molecule has 0 radical (unpaired) electrons. The van der Waals surface area contributed by atoms with Gasteiger partial charge in [-0.15, -0.1) is 6.58 Å². The van der Waals surface area contributed by atoms with Gasteiger partial charge in [0.25, 0.3) is 0 Å². The van der Waals surface area contributed by atoms with Crippen LogP contribution in [0.2, 0.25) is 0 Å². The van der Waals surface area contributed by atoms with Crippen molar-refractivity contribution in [1.29, 1.82) is 0 Å². The van der Waals surface area contributed by atoms with E-state index in [2.05, 4.69) is 6.58 Å². The molecular weight excluding hydrogens is 169 g/mol. The Balaban J connectivity index is 2.90. The van der Waals surface area contributed by atoms with Crippen LogP contribution in [0.15, 0.2) is 36.9 Å². The monoisotopic (exact) mass is 179 g/mol. The number of nitrogens with zero attached hydrogens (tertiary/aromatic N) is 1. The maximum Gasteiger partial charge on any atom is 0.214 e. The quantitative estimate of drug-likeness (QED) is 0.511. The minimum absolute atomic E-state index is 0.353. The zero-order chi connectivity index (χ0) is 9.68. The average molecular weight is 179 g/mol. The standard InChI is InChI=1S/C10H10FNO/c1-2-6-12(8-13)10-5-3-4-9(11)7-10/h2-5,7-8H,1,6H2. The van der Waals surface area contributed by atoms with Crippen LogP contribution in [0.25, 0.3) is 0 Å². The predicted octanol–water partition coefficient (Wildman–Crippen LogP) is 1.97. The van der Waals surface area contributed by atoms with Crippen LogP contribution in [0.3, 0.4) is 0 Å². The van der Waals surface area contributed by atoms with Crippen molar-refractivity contribution in [1.82, 2.24) is 0 Å². The summed E-state index contributed by atoms with van der Waals surface area (Å²) in [4.78, 5) is 11.9. The number of halogens is 1. The molecule has 1 rings (SSSR count). The van der Waals surface area contributed by atoms with E-state index in [1.807, 2.05) is 0 Å². The normalized spacial score (nSPS) is 9.31. The summed E-state index contributed by atoms with van der Waals surface area (Å²) in [5, 5.41) is 0. The van der Waals surface area contributed by atoms with Crippen molar-refractivity contribution in [3.05, 3.63) is 42.7 Å². The zero-order valence-corrected chi connectivity index (χ0v) is 7.11. The van der Waals surface area contributed by atoms with E-state index in [4.69, 9.17) is 0 Å². The molecule has 0 saturated heterocycles. The minimum atomic E-state index is -0.353. The second kappa shape index (κ2) is 4.40. The van der Waals surface area contributed by atoms with Crippen LogP contribution < -0.4 is 4.90 Å². The Morgan fingerprint density at radius 1 is 1.54 bits per heavy atom. The van der Waals surface area contributed by atoms with Gasteiger partial charge in [-0.25, -0.2) is 4.39 Å². The molecule has 0 bridgehead atoms. The highest BCUT2D eigenvalue weighted by molar-refractivity contribution is 5.75. The zero-order valence-electron chi connectivity index (χ0n) is 7.11. The Morgan fingerprint density at radius 3 is 2.85 bits per heavy atom. The largest absolute Gasteiger partial charge is 0.311 e. The molecule has 0 atom stereocenters. The van der Waals surface area contributed by atoms with E-state index >= 15 is 0 Å². The van der Waals surface area contributed by atoms with E-state index in [0.717, 1.165) is 0 Å². The lowest BCUT2D eigenvalue weighted by Crippen LogP contribution is -2.20. The van der Waals surface area contributed by atoms with Crippen molar-refractivity contribution in [3.8, 4) is 0 Å². The van der Waals surface area contributed by atoms with Gasteiger partial charge in [0, 0.05) is 12.2 Å². The molecule has 0 fully saturated rings. The number of hydrogen-bond acceptors (Lipinski definition) is 1. The van der Waals surface area contributed by atoms with Gasteiger partial charge in [-0.2, -0.15) is 0 Å². The van der Waals surface area contributed by atoms with Crippen LogP contribution in [0.1, 0.15) is 0 Å². The lowest BCUT2D eigenvalue weighted by atomic mass is 10.3. The molecular formula is C10H10FNO. The van der Waals surface area contributed by atoms with Crippen LogP contribution in [0.4, 0.5) is 10.1 Å². The van der Waals surface area contributed by atoms with Crippen molar-refractivity contribution in [2.75, 3.05) is 11.4 Å². The highest BCUT2D eigenvalue weighted by Crippen LogP contribution is 2.13. The van der Waals surface area contributed by atoms with Gasteiger partial charge in [0.15, 0.2) is 0 Å². The molecule has 0 unspecified atom stereocenters. The molecule has 0 aromatic heterocycles. The molecule has 13 heavy (non-hydrogen) atoms. The Hall–Kier alpha value is -1.64. The number of rotatable bonds is 4. The smallest absolute Gasteiger partial charge is 0.214 e. The molecule has 0 aliphatic heterocycles. The van der Waals surface area contributed by atoms with Gasteiger partial charge in [-0.1, -0.05) is 12.1 Å². The van der Waals surface area contributed by atoms with E-state index in [0.29, 0.717) is 18.6 Å². The highest BCUT2D eigenvalue weighted by Gasteiger charge is 2.02. The summed E-state index contributed by atoms with van der Waals surface area (Å²) in [5.41, 5.74) is 0.537. The topological polar surface area (TPSA) is 20.3 Å². The van der Waals surface area contributed by atoms with Gasteiger partial charge in [0.2, 0.25) is 6.41 Å².